The zero-order valence-corrected chi connectivity index (χ0v) is 17.7. The largest absolute Gasteiger partial charge is 0.334 e. The van der Waals surface area contributed by atoms with Crippen molar-refractivity contribution in [3.05, 3.63) is 63.1 Å². The molecule has 0 aliphatic heterocycles. The normalized spacial score (nSPS) is 11.0. The van der Waals surface area contributed by atoms with E-state index in [1.165, 1.54) is 10.9 Å². The molecule has 0 atom stereocenters. The van der Waals surface area contributed by atoms with Crippen molar-refractivity contribution in [3.8, 4) is 0 Å². The van der Waals surface area contributed by atoms with Gasteiger partial charge < -0.3 is 11.2 Å². The summed E-state index contributed by atoms with van der Waals surface area (Å²) in [5.74, 6) is 5.99. The fourth-order valence-electron chi connectivity index (χ4n) is 2.11. The first-order valence-electron chi connectivity index (χ1n) is 8.05. The van der Waals surface area contributed by atoms with Crippen LogP contribution in [0, 0.1) is 0 Å². The third-order valence-corrected chi connectivity index (χ3v) is 5.18. The molecular weight excluding hydrogens is 457 g/mol. The second kappa shape index (κ2) is 9.84. The maximum absolute atomic E-state index is 12.1. The van der Waals surface area contributed by atoms with Crippen molar-refractivity contribution in [2.75, 3.05) is 22.3 Å². The molecule has 0 unspecified atom stereocenters. The molecule has 0 aliphatic carbocycles. The maximum Gasteiger partial charge on any atom is 0.264 e. The lowest BCUT2D eigenvalue weighted by atomic mass is 10.2. The molecule has 8 nitrogen and oxygen atoms in total. The molecule has 150 valence electrons. The Morgan fingerprint density at radius 1 is 1.17 bits per heavy atom. The fourth-order valence-corrected chi connectivity index (χ4v) is 3.41. The molecule has 1 amide bonds. The van der Waals surface area contributed by atoms with Gasteiger partial charge in [-0.2, -0.15) is 5.10 Å². The van der Waals surface area contributed by atoms with Crippen molar-refractivity contribution in [2.45, 2.75) is 5.16 Å². The number of carbonyl (C=O) groups excluding carboxylic acids is 1. The number of aromatic nitrogens is 3. The van der Waals surface area contributed by atoms with Crippen molar-refractivity contribution in [1.29, 1.82) is 0 Å². The Hall–Kier alpha value is -2.46. The van der Waals surface area contributed by atoms with E-state index in [4.69, 9.17) is 40.6 Å². The highest BCUT2D eigenvalue weighted by Crippen LogP contribution is 2.20. The molecular formula is C17H14Cl3N7OS. The quantitative estimate of drug-likeness (QED) is 0.207. The lowest BCUT2D eigenvalue weighted by Gasteiger charge is -2.05. The predicted molar refractivity (Wildman–Crippen MR) is 119 cm³/mol. The van der Waals surface area contributed by atoms with Crippen LogP contribution in [-0.4, -0.2) is 32.7 Å². The lowest BCUT2D eigenvalue weighted by Crippen LogP contribution is -2.16. The number of hydrogen-bond acceptors (Lipinski definition) is 7. The highest BCUT2D eigenvalue weighted by atomic mass is 35.5. The number of rotatable bonds is 7. The minimum Gasteiger partial charge on any atom is -0.334 e. The van der Waals surface area contributed by atoms with Gasteiger partial charge in [-0.3, -0.25) is 4.79 Å². The van der Waals surface area contributed by atoms with Crippen LogP contribution in [0.1, 0.15) is 5.56 Å². The molecule has 0 fully saturated rings. The minimum absolute atomic E-state index is 0.0888. The lowest BCUT2D eigenvalue weighted by molar-refractivity contribution is -0.113. The van der Waals surface area contributed by atoms with Crippen LogP contribution < -0.4 is 16.6 Å². The topological polar surface area (TPSA) is 110 Å². The van der Waals surface area contributed by atoms with E-state index in [1.807, 2.05) is 0 Å². The summed E-state index contributed by atoms with van der Waals surface area (Å²) in [7, 11) is 0. The molecule has 3 rings (SSSR count). The first-order valence-corrected chi connectivity index (χ1v) is 10.2. The second-order valence-electron chi connectivity index (χ2n) is 5.56. The van der Waals surface area contributed by atoms with Crippen LogP contribution >= 0.6 is 46.6 Å². The number of hydrazone groups is 1. The SMILES string of the molecule is Nn1c(N/N=C/c2ccc(Cl)cc2Cl)nnc1SCC(=O)Nc1cccc(Cl)c1. The summed E-state index contributed by atoms with van der Waals surface area (Å²) >= 11 is 18.9. The molecule has 0 aliphatic rings. The van der Waals surface area contributed by atoms with Gasteiger partial charge in [0.25, 0.3) is 5.95 Å². The van der Waals surface area contributed by atoms with Crippen molar-refractivity contribution in [2.24, 2.45) is 5.10 Å². The Bertz CT molecular complexity index is 1060. The number of nitrogen functional groups attached to an aromatic ring is 1. The summed E-state index contributed by atoms with van der Waals surface area (Å²) in [6.07, 6.45) is 1.50. The Morgan fingerprint density at radius 3 is 2.72 bits per heavy atom. The van der Waals surface area contributed by atoms with Gasteiger partial charge in [0.1, 0.15) is 0 Å². The Balaban J connectivity index is 1.55. The minimum atomic E-state index is -0.231. The van der Waals surface area contributed by atoms with E-state index in [9.17, 15) is 4.79 Å². The summed E-state index contributed by atoms with van der Waals surface area (Å²) < 4.78 is 1.19. The smallest absolute Gasteiger partial charge is 0.264 e. The summed E-state index contributed by atoms with van der Waals surface area (Å²) in [5.41, 5.74) is 3.94. The highest BCUT2D eigenvalue weighted by Gasteiger charge is 2.12. The molecule has 0 bridgehead atoms. The molecule has 0 saturated carbocycles. The van der Waals surface area contributed by atoms with E-state index in [2.05, 4.69) is 26.0 Å². The number of hydrogen-bond donors (Lipinski definition) is 3. The first-order chi connectivity index (χ1) is 13.9. The third-order valence-electron chi connectivity index (χ3n) is 3.44. The molecule has 0 spiro atoms. The van der Waals surface area contributed by atoms with Crippen molar-refractivity contribution >= 4 is 70.3 Å². The first kappa shape index (κ1) is 21.3. The van der Waals surface area contributed by atoms with E-state index >= 15 is 0 Å². The van der Waals surface area contributed by atoms with Crippen LogP contribution in [0.3, 0.4) is 0 Å². The number of anilines is 2. The zero-order chi connectivity index (χ0) is 20.8. The number of halogens is 3. The number of thioether (sulfide) groups is 1. The standard InChI is InChI=1S/C17H14Cl3N7OS/c18-11-2-1-3-13(6-11)23-15(28)9-29-17-26-25-16(27(17)21)24-22-8-10-4-5-12(19)7-14(10)20/h1-8H,9,21H2,(H,23,28)(H,24,25)/b22-8+. The summed E-state index contributed by atoms with van der Waals surface area (Å²) in [4.78, 5) is 12.1. The van der Waals surface area contributed by atoms with Gasteiger partial charge in [0.2, 0.25) is 11.1 Å². The van der Waals surface area contributed by atoms with Crippen molar-refractivity contribution in [3.63, 3.8) is 0 Å². The fraction of sp³-hybridized carbons (Fsp3) is 0.0588. The van der Waals surface area contributed by atoms with Crippen LogP contribution in [0.2, 0.25) is 15.1 Å². The summed E-state index contributed by atoms with van der Waals surface area (Å²) in [6, 6.07) is 11.9. The molecule has 1 aromatic heterocycles. The van der Waals surface area contributed by atoms with Gasteiger partial charge in [0, 0.05) is 21.3 Å². The molecule has 3 aromatic rings. The predicted octanol–water partition coefficient (Wildman–Crippen LogP) is 4.13. The molecule has 29 heavy (non-hydrogen) atoms. The monoisotopic (exact) mass is 469 g/mol. The molecule has 4 N–H and O–H groups in total. The van der Waals surface area contributed by atoms with Gasteiger partial charge in [-0.15, -0.1) is 10.2 Å². The van der Waals surface area contributed by atoms with Crippen LogP contribution in [0.15, 0.2) is 52.7 Å². The Kier molecular flexibility index (Phi) is 7.21. The van der Waals surface area contributed by atoms with Crippen LogP contribution in [0.5, 0.6) is 0 Å². The molecule has 2 aromatic carbocycles. The van der Waals surface area contributed by atoms with E-state index in [0.717, 1.165) is 11.8 Å². The highest BCUT2D eigenvalue weighted by molar-refractivity contribution is 7.99. The number of carbonyl (C=O) groups is 1. The molecule has 0 saturated heterocycles. The van der Waals surface area contributed by atoms with Gasteiger partial charge in [0.15, 0.2) is 0 Å². The van der Waals surface area contributed by atoms with Crippen LogP contribution in [-0.2, 0) is 4.79 Å². The number of nitrogens with two attached hydrogens (primary N) is 1. The third kappa shape index (κ3) is 6.01. The Morgan fingerprint density at radius 2 is 1.97 bits per heavy atom. The second-order valence-corrected chi connectivity index (χ2v) is 7.78. The molecule has 0 radical (unpaired) electrons. The average Bonchev–Trinajstić information content (AvgIpc) is 3.02. The maximum atomic E-state index is 12.1. The number of nitrogens with zero attached hydrogens (tertiary/aromatic N) is 4. The van der Waals surface area contributed by atoms with E-state index in [-0.39, 0.29) is 17.6 Å². The summed E-state index contributed by atoms with van der Waals surface area (Å²) in [5, 5.41) is 16.5. The van der Waals surface area contributed by atoms with Gasteiger partial charge in [-0.05, 0) is 30.3 Å². The van der Waals surface area contributed by atoms with Gasteiger partial charge in [-0.1, -0.05) is 58.7 Å². The van der Waals surface area contributed by atoms with Gasteiger partial charge in [0.05, 0.1) is 17.0 Å². The van der Waals surface area contributed by atoms with Crippen LogP contribution in [0.25, 0.3) is 0 Å². The van der Waals surface area contributed by atoms with E-state index < -0.39 is 0 Å². The molecule has 12 heteroatoms. The number of amides is 1. The number of benzene rings is 2. The van der Waals surface area contributed by atoms with Gasteiger partial charge in [-0.25, -0.2) is 10.1 Å². The van der Waals surface area contributed by atoms with E-state index in [1.54, 1.807) is 42.5 Å². The number of nitrogens with one attached hydrogen (secondary N) is 2. The summed E-state index contributed by atoms with van der Waals surface area (Å²) in [6.45, 7) is 0. The zero-order valence-electron chi connectivity index (χ0n) is 14.6. The van der Waals surface area contributed by atoms with Crippen LogP contribution in [0.4, 0.5) is 11.6 Å². The van der Waals surface area contributed by atoms with E-state index in [0.29, 0.717) is 31.5 Å². The van der Waals surface area contributed by atoms with Crippen molar-refractivity contribution in [1.82, 2.24) is 14.9 Å². The van der Waals surface area contributed by atoms with Crippen molar-refractivity contribution < 1.29 is 4.79 Å². The average molecular weight is 471 g/mol. The van der Waals surface area contributed by atoms with Gasteiger partial charge >= 0.3 is 0 Å². The molecule has 1 heterocycles. The Labute approximate surface area is 185 Å².